The van der Waals surface area contributed by atoms with Crippen molar-refractivity contribution in [1.29, 1.82) is 0 Å². The highest BCUT2D eigenvalue weighted by Crippen LogP contribution is 2.31. The highest BCUT2D eigenvalue weighted by atomic mass is 35.5. The first kappa shape index (κ1) is 21.7. The van der Waals surface area contributed by atoms with Crippen LogP contribution in [0.15, 0.2) is 67.3 Å². The van der Waals surface area contributed by atoms with E-state index in [0.717, 1.165) is 29.3 Å². The molecule has 3 aromatic rings. The van der Waals surface area contributed by atoms with Gasteiger partial charge in [-0.15, -0.1) is 0 Å². The Morgan fingerprint density at radius 2 is 1.94 bits per heavy atom. The number of nitrogens with zero attached hydrogens (tertiary/aromatic N) is 3. The Hall–Kier alpha value is -2.54. The summed E-state index contributed by atoms with van der Waals surface area (Å²) in [4.78, 5) is 6.21. The summed E-state index contributed by atoms with van der Waals surface area (Å²) in [6, 6.07) is 15.9. The van der Waals surface area contributed by atoms with Crippen LogP contribution in [-0.4, -0.2) is 48.8 Å². The van der Waals surface area contributed by atoms with Crippen LogP contribution in [0.5, 0.6) is 5.75 Å². The van der Waals surface area contributed by atoms with Gasteiger partial charge in [0.1, 0.15) is 18.5 Å². The molecule has 1 aliphatic rings. The second-order valence-electron chi connectivity index (χ2n) is 8.02. The molecule has 2 aromatic carbocycles. The van der Waals surface area contributed by atoms with E-state index >= 15 is 0 Å². The molecule has 1 aliphatic heterocycles. The lowest BCUT2D eigenvalue weighted by Gasteiger charge is -2.28. The normalized spacial score (nSPS) is 20.7. The lowest BCUT2D eigenvalue weighted by molar-refractivity contribution is -0.184. The highest BCUT2D eigenvalue weighted by molar-refractivity contribution is 6.30. The van der Waals surface area contributed by atoms with Crippen LogP contribution in [0.3, 0.4) is 0 Å². The summed E-state index contributed by atoms with van der Waals surface area (Å²) in [5.74, 6) is 0.103. The molecule has 4 rings (SSSR count). The van der Waals surface area contributed by atoms with Gasteiger partial charge in [0.25, 0.3) is 0 Å². The molecule has 0 spiro atoms. The van der Waals surface area contributed by atoms with Crippen molar-refractivity contribution < 1.29 is 14.2 Å². The topological polar surface area (TPSA) is 48.8 Å². The first-order chi connectivity index (χ1) is 15.0. The molecular weight excluding hydrogens is 414 g/mol. The average molecular weight is 442 g/mol. The first-order valence-electron chi connectivity index (χ1n) is 10.4. The van der Waals surface area contributed by atoms with Gasteiger partial charge in [-0.05, 0) is 48.4 Å². The van der Waals surface area contributed by atoms with Crippen LogP contribution in [0.4, 0.5) is 5.69 Å². The minimum atomic E-state index is -0.719. The number of benzene rings is 2. The summed E-state index contributed by atoms with van der Waals surface area (Å²) in [6.07, 6.45) is 6.88. The molecule has 2 atom stereocenters. The zero-order valence-electron chi connectivity index (χ0n) is 17.9. The summed E-state index contributed by atoms with van der Waals surface area (Å²) >= 11 is 6.01. The van der Waals surface area contributed by atoms with Gasteiger partial charge in [-0.25, -0.2) is 4.98 Å². The van der Waals surface area contributed by atoms with Gasteiger partial charge in [0, 0.05) is 43.6 Å². The number of halogens is 1. The second kappa shape index (κ2) is 9.73. The molecule has 31 heavy (non-hydrogen) atoms. The molecule has 2 heterocycles. The van der Waals surface area contributed by atoms with E-state index in [0.29, 0.717) is 19.8 Å². The largest absolute Gasteiger partial charge is 0.491 e. The summed E-state index contributed by atoms with van der Waals surface area (Å²) < 4.78 is 20.6. The van der Waals surface area contributed by atoms with Gasteiger partial charge in [0.2, 0.25) is 0 Å². The van der Waals surface area contributed by atoms with Gasteiger partial charge in [-0.3, -0.25) is 0 Å². The van der Waals surface area contributed by atoms with E-state index in [1.807, 2.05) is 73.4 Å². The zero-order valence-corrected chi connectivity index (χ0v) is 18.7. The molecule has 0 saturated carbocycles. The van der Waals surface area contributed by atoms with E-state index < -0.39 is 5.79 Å². The van der Waals surface area contributed by atoms with Crippen molar-refractivity contribution in [2.24, 2.45) is 0 Å². The maximum Gasteiger partial charge on any atom is 0.187 e. The fourth-order valence-corrected chi connectivity index (χ4v) is 3.79. The van der Waals surface area contributed by atoms with Crippen molar-refractivity contribution in [3.63, 3.8) is 0 Å². The summed E-state index contributed by atoms with van der Waals surface area (Å²) in [7, 11) is 4.03. The fourth-order valence-electron chi connectivity index (χ4n) is 3.67. The number of imidazole rings is 1. The number of anilines is 1. The highest BCUT2D eigenvalue weighted by Gasteiger charge is 2.42. The number of hydrogen-bond donors (Lipinski definition) is 0. The summed E-state index contributed by atoms with van der Waals surface area (Å²) in [5, 5.41) is 0.737. The third kappa shape index (κ3) is 5.79. The van der Waals surface area contributed by atoms with E-state index in [1.54, 1.807) is 12.5 Å². The molecule has 1 aromatic heterocycles. The number of aromatic nitrogens is 2. The Balaban J connectivity index is 1.38. The number of rotatable bonds is 9. The third-order valence-electron chi connectivity index (χ3n) is 5.39. The van der Waals surface area contributed by atoms with Gasteiger partial charge in [0.05, 0.1) is 19.5 Å². The Morgan fingerprint density at radius 3 is 2.61 bits per heavy atom. The second-order valence-corrected chi connectivity index (χ2v) is 8.46. The standard InChI is InChI=1S/C24H28ClN3O3/c1-27(2)21-7-9-22(10-8-21)29-15-23-16-30-24(31-23,17-28-14-13-26-18-28)12-11-19-3-5-20(25)6-4-19/h3-10,13-14,18,23H,11-12,15-17H2,1-2H3. The minimum Gasteiger partial charge on any atom is -0.491 e. The smallest absolute Gasteiger partial charge is 0.187 e. The maximum absolute atomic E-state index is 6.42. The molecule has 0 bridgehead atoms. The maximum atomic E-state index is 6.42. The van der Waals surface area contributed by atoms with Crippen LogP contribution in [0.2, 0.25) is 5.02 Å². The Labute approximate surface area is 188 Å². The van der Waals surface area contributed by atoms with E-state index in [9.17, 15) is 0 Å². The van der Waals surface area contributed by atoms with Gasteiger partial charge in [-0.1, -0.05) is 23.7 Å². The van der Waals surface area contributed by atoms with Crippen molar-refractivity contribution in [1.82, 2.24) is 9.55 Å². The van der Waals surface area contributed by atoms with Crippen molar-refractivity contribution in [3.05, 3.63) is 77.8 Å². The molecule has 6 nitrogen and oxygen atoms in total. The van der Waals surface area contributed by atoms with Crippen LogP contribution in [0.1, 0.15) is 12.0 Å². The monoisotopic (exact) mass is 441 g/mol. The van der Waals surface area contributed by atoms with Crippen molar-refractivity contribution in [2.45, 2.75) is 31.3 Å². The number of hydrogen-bond acceptors (Lipinski definition) is 5. The zero-order chi connectivity index (χ0) is 21.7. The third-order valence-corrected chi connectivity index (χ3v) is 5.65. The molecule has 2 unspecified atom stereocenters. The van der Waals surface area contributed by atoms with Crippen molar-refractivity contribution in [3.8, 4) is 5.75 Å². The van der Waals surface area contributed by atoms with Crippen LogP contribution >= 0.6 is 11.6 Å². The quantitative estimate of drug-likeness (QED) is 0.491. The molecule has 0 radical (unpaired) electrons. The lowest BCUT2D eigenvalue weighted by Crippen LogP contribution is -2.37. The van der Waals surface area contributed by atoms with Crippen LogP contribution in [0, 0.1) is 0 Å². The Kier molecular flexibility index (Phi) is 6.80. The summed E-state index contributed by atoms with van der Waals surface area (Å²) in [5.41, 5.74) is 2.33. The molecular formula is C24H28ClN3O3. The van der Waals surface area contributed by atoms with Crippen molar-refractivity contribution in [2.75, 3.05) is 32.2 Å². The SMILES string of the molecule is CN(C)c1ccc(OCC2COC(CCc3ccc(Cl)cc3)(Cn3ccnc3)O2)cc1. The molecule has 1 saturated heterocycles. The lowest BCUT2D eigenvalue weighted by atomic mass is 10.0. The predicted octanol–water partition coefficient (Wildman–Crippen LogP) is 4.43. The molecule has 0 amide bonds. The van der Waals surface area contributed by atoms with Gasteiger partial charge in [-0.2, -0.15) is 0 Å². The predicted molar refractivity (Wildman–Crippen MR) is 122 cm³/mol. The minimum absolute atomic E-state index is 0.137. The summed E-state index contributed by atoms with van der Waals surface area (Å²) in [6.45, 7) is 1.51. The van der Waals surface area contributed by atoms with E-state index in [-0.39, 0.29) is 6.10 Å². The average Bonchev–Trinajstić information content (AvgIpc) is 3.43. The van der Waals surface area contributed by atoms with Crippen LogP contribution in [-0.2, 0) is 22.4 Å². The van der Waals surface area contributed by atoms with E-state index in [1.165, 1.54) is 5.56 Å². The van der Waals surface area contributed by atoms with Crippen LogP contribution < -0.4 is 9.64 Å². The number of aryl methyl sites for hydroxylation is 1. The Bertz CT molecular complexity index is 945. The van der Waals surface area contributed by atoms with Crippen LogP contribution in [0.25, 0.3) is 0 Å². The number of ether oxygens (including phenoxy) is 3. The molecule has 0 aliphatic carbocycles. The van der Waals surface area contributed by atoms with E-state index in [4.69, 9.17) is 25.8 Å². The molecule has 164 valence electrons. The first-order valence-corrected chi connectivity index (χ1v) is 10.8. The Morgan fingerprint density at radius 1 is 1.16 bits per heavy atom. The van der Waals surface area contributed by atoms with E-state index in [2.05, 4.69) is 9.88 Å². The fraction of sp³-hybridized carbons (Fsp3) is 0.375. The van der Waals surface area contributed by atoms with Gasteiger partial charge >= 0.3 is 0 Å². The van der Waals surface area contributed by atoms with Gasteiger partial charge < -0.3 is 23.7 Å². The molecule has 7 heteroatoms. The van der Waals surface area contributed by atoms with Gasteiger partial charge in [0.15, 0.2) is 5.79 Å². The molecule has 1 fully saturated rings. The molecule has 0 N–H and O–H groups in total. The van der Waals surface area contributed by atoms with Crippen molar-refractivity contribution >= 4 is 17.3 Å².